The molecule has 0 unspecified atom stereocenters. The van der Waals surface area contributed by atoms with E-state index in [4.69, 9.17) is 5.84 Å². The van der Waals surface area contributed by atoms with Crippen molar-refractivity contribution in [2.75, 3.05) is 0 Å². The minimum absolute atomic E-state index is 0.0260. The summed E-state index contributed by atoms with van der Waals surface area (Å²) in [7, 11) is 0. The van der Waals surface area contributed by atoms with Crippen molar-refractivity contribution in [1.29, 1.82) is 0 Å². The van der Waals surface area contributed by atoms with Gasteiger partial charge in [0.05, 0.1) is 11.1 Å². The van der Waals surface area contributed by atoms with Crippen molar-refractivity contribution in [1.82, 2.24) is 15.3 Å². The predicted molar refractivity (Wildman–Crippen MR) is 131 cm³/mol. The molecule has 0 aliphatic carbocycles. The molecular weight excluding hydrogens is 450 g/mol. The number of hydrogen-bond donors (Lipinski definition) is 3. The Morgan fingerprint density at radius 1 is 0.914 bits per heavy atom. The van der Waals surface area contributed by atoms with Crippen LogP contribution in [0.1, 0.15) is 57.3 Å². The first kappa shape index (κ1) is 24.1. The van der Waals surface area contributed by atoms with Crippen LogP contribution in [0.5, 0.6) is 0 Å². The van der Waals surface area contributed by atoms with Crippen molar-refractivity contribution >= 4 is 22.7 Å². The zero-order chi connectivity index (χ0) is 25.1. The third-order valence-electron chi connectivity index (χ3n) is 5.89. The van der Waals surface area contributed by atoms with Gasteiger partial charge >= 0.3 is 0 Å². The summed E-state index contributed by atoms with van der Waals surface area (Å²) in [5.41, 5.74) is 6.00. The Labute approximate surface area is 201 Å². The van der Waals surface area contributed by atoms with Crippen molar-refractivity contribution in [3.8, 4) is 0 Å². The molecule has 8 heteroatoms. The molecular formula is C27H26F2N4O2. The zero-order valence-corrected chi connectivity index (χ0v) is 19.4. The standard InChI is InChI=1S/C27H26F2N4O2/c1-16(2)25-24(27(35)31-14-18-8-11-21(28)22(29)12-18)20-10-9-19(26(34)32-30)13-23(20)33(25)15-17-6-4-3-5-7-17/h3-13,16H,14-15,30H2,1-2H3,(H,31,35)(H,32,34). The van der Waals surface area contributed by atoms with Crippen LogP contribution in [-0.4, -0.2) is 16.4 Å². The van der Waals surface area contributed by atoms with Crippen LogP contribution in [0.15, 0.2) is 66.7 Å². The number of hydrogen-bond acceptors (Lipinski definition) is 3. The molecule has 0 spiro atoms. The SMILES string of the molecule is CC(C)c1c(C(=O)NCc2ccc(F)c(F)c2)c2ccc(C(=O)NN)cc2n1Cc1ccccc1. The van der Waals surface area contributed by atoms with Crippen molar-refractivity contribution in [3.63, 3.8) is 0 Å². The van der Waals surface area contributed by atoms with E-state index in [0.29, 0.717) is 28.6 Å². The minimum atomic E-state index is -0.968. The Kier molecular flexibility index (Phi) is 6.93. The Morgan fingerprint density at radius 2 is 1.66 bits per heavy atom. The Bertz CT molecular complexity index is 1400. The van der Waals surface area contributed by atoms with E-state index < -0.39 is 17.5 Å². The summed E-state index contributed by atoms with van der Waals surface area (Å²) in [5, 5.41) is 3.52. The molecule has 0 aliphatic heterocycles. The van der Waals surface area contributed by atoms with Crippen LogP contribution in [0.2, 0.25) is 0 Å². The molecule has 4 N–H and O–H groups in total. The number of halogens is 2. The summed E-state index contributed by atoms with van der Waals surface area (Å²) in [6.45, 7) is 4.52. The Morgan fingerprint density at radius 3 is 2.31 bits per heavy atom. The van der Waals surface area contributed by atoms with E-state index in [2.05, 4.69) is 10.7 Å². The lowest BCUT2D eigenvalue weighted by atomic mass is 10.0. The number of benzene rings is 3. The van der Waals surface area contributed by atoms with E-state index in [1.807, 2.05) is 48.7 Å². The van der Waals surface area contributed by atoms with Crippen molar-refractivity contribution in [2.45, 2.75) is 32.9 Å². The molecule has 0 fully saturated rings. The minimum Gasteiger partial charge on any atom is -0.348 e. The predicted octanol–water partition coefficient (Wildman–Crippen LogP) is 4.62. The molecule has 0 saturated carbocycles. The van der Waals surface area contributed by atoms with Gasteiger partial charge in [0.15, 0.2) is 11.6 Å². The molecule has 6 nitrogen and oxygen atoms in total. The molecule has 0 aliphatic rings. The first-order chi connectivity index (χ1) is 16.8. The van der Waals surface area contributed by atoms with Gasteiger partial charge in [-0.3, -0.25) is 15.0 Å². The van der Waals surface area contributed by atoms with E-state index in [0.717, 1.165) is 28.9 Å². The van der Waals surface area contributed by atoms with Crippen LogP contribution in [-0.2, 0) is 13.1 Å². The third-order valence-corrected chi connectivity index (χ3v) is 5.89. The van der Waals surface area contributed by atoms with Gasteiger partial charge in [-0.25, -0.2) is 14.6 Å². The fraction of sp³-hybridized carbons (Fsp3) is 0.185. The molecule has 0 atom stereocenters. The molecule has 3 aromatic carbocycles. The normalized spacial score (nSPS) is 11.1. The average Bonchev–Trinajstić information content (AvgIpc) is 3.18. The number of fused-ring (bicyclic) bond motifs is 1. The maximum atomic E-state index is 13.6. The second-order valence-corrected chi connectivity index (χ2v) is 8.62. The second kappa shape index (κ2) is 10.1. The summed E-state index contributed by atoms with van der Waals surface area (Å²) in [4.78, 5) is 25.7. The van der Waals surface area contributed by atoms with Gasteiger partial charge < -0.3 is 9.88 Å². The highest BCUT2D eigenvalue weighted by atomic mass is 19.2. The number of carbonyl (C=O) groups is 2. The smallest absolute Gasteiger partial charge is 0.265 e. The first-order valence-electron chi connectivity index (χ1n) is 11.2. The Balaban J connectivity index is 1.81. The molecule has 0 bridgehead atoms. The molecule has 2 amide bonds. The van der Waals surface area contributed by atoms with Gasteiger partial charge in [-0.05, 0) is 41.3 Å². The van der Waals surface area contributed by atoms with E-state index in [1.165, 1.54) is 6.07 Å². The molecule has 4 aromatic rings. The van der Waals surface area contributed by atoms with E-state index in [1.54, 1.807) is 18.2 Å². The molecule has 4 rings (SSSR count). The van der Waals surface area contributed by atoms with E-state index in [9.17, 15) is 18.4 Å². The largest absolute Gasteiger partial charge is 0.348 e. The summed E-state index contributed by atoms with van der Waals surface area (Å²) in [6.07, 6.45) is 0. The van der Waals surface area contributed by atoms with Crippen LogP contribution < -0.4 is 16.6 Å². The molecule has 1 aromatic heterocycles. The summed E-state index contributed by atoms with van der Waals surface area (Å²) < 4.78 is 28.9. The van der Waals surface area contributed by atoms with Crippen molar-refractivity contribution in [3.05, 3.63) is 106 Å². The number of hydrazine groups is 1. The molecule has 1 heterocycles. The average molecular weight is 477 g/mol. The number of nitrogens with zero attached hydrogens (tertiary/aromatic N) is 1. The van der Waals surface area contributed by atoms with Crippen LogP contribution in [0.25, 0.3) is 10.9 Å². The topological polar surface area (TPSA) is 89.2 Å². The maximum Gasteiger partial charge on any atom is 0.265 e. The maximum absolute atomic E-state index is 13.6. The number of nitrogens with one attached hydrogen (secondary N) is 2. The molecule has 0 saturated heterocycles. The first-order valence-corrected chi connectivity index (χ1v) is 11.2. The third kappa shape index (κ3) is 4.93. The summed E-state index contributed by atoms with van der Waals surface area (Å²) in [6, 6.07) is 18.4. The molecule has 180 valence electrons. The monoisotopic (exact) mass is 476 g/mol. The number of rotatable bonds is 7. The van der Waals surface area contributed by atoms with Crippen LogP contribution in [0.4, 0.5) is 8.78 Å². The van der Waals surface area contributed by atoms with E-state index >= 15 is 0 Å². The lowest BCUT2D eigenvalue weighted by Gasteiger charge is -2.16. The van der Waals surface area contributed by atoms with E-state index in [-0.39, 0.29) is 18.4 Å². The molecule has 0 radical (unpaired) electrons. The number of carbonyl (C=O) groups excluding carboxylic acids is 2. The van der Waals surface area contributed by atoms with Crippen molar-refractivity contribution < 1.29 is 18.4 Å². The summed E-state index contributed by atoms with van der Waals surface area (Å²) >= 11 is 0. The van der Waals surface area contributed by atoms with Gasteiger partial charge in [-0.1, -0.05) is 56.3 Å². The van der Waals surface area contributed by atoms with Gasteiger partial charge in [-0.15, -0.1) is 0 Å². The fourth-order valence-corrected chi connectivity index (χ4v) is 4.29. The Hall–Kier alpha value is -4.04. The fourth-order valence-electron chi connectivity index (χ4n) is 4.29. The summed E-state index contributed by atoms with van der Waals surface area (Å²) in [5.74, 6) is 2.62. The zero-order valence-electron chi connectivity index (χ0n) is 19.4. The number of amides is 2. The highest BCUT2D eigenvalue weighted by Crippen LogP contribution is 2.33. The molecule has 35 heavy (non-hydrogen) atoms. The van der Waals surface area contributed by atoms with Crippen LogP contribution in [0.3, 0.4) is 0 Å². The number of nitrogens with two attached hydrogens (primary N) is 1. The van der Waals surface area contributed by atoms with Gasteiger partial charge in [-0.2, -0.15) is 0 Å². The highest BCUT2D eigenvalue weighted by Gasteiger charge is 2.25. The lowest BCUT2D eigenvalue weighted by Crippen LogP contribution is -2.29. The van der Waals surface area contributed by atoms with Crippen LogP contribution >= 0.6 is 0 Å². The quantitative estimate of drug-likeness (QED) is 0.207. The van der Waals surface area contributed by atoms with Crippen molar-refractivity contribution in [2.24, 2.45) is 5.84 Å². The van der Waals surface area contributed by atoms with Gasteiger partial charge in [0, 0.05) is 29.7 Å². The highest BCUT2D eigenvalue weighted by molar-refractivity contribution is 6.10. The van der Waals surface area contributed by atoms with Crippen LogP contribution in [0, 0.1) is 11.6 Å². The second-order valence-electron chi connectivity index (χ2n) is 8.62. The van der Waals surface area contributed by atoms with Gasteiger partial charge in [0.25, 0.3) is 11.8 Å². The van der Waals surface area contributed by atoms with Gasteiger partial charge in [0.2, 0.25) is 0 Å². The number of aromatic nitrogens is 1. The van der Waals surface area contributed by atoms with Gasteiger partial charge in [0.1, 0.15) is 0 Å². The lowest BCUT2D eigenvalue weighted by molar-refractivity contribution is 0.0944. The number of nitrogen functional groups attached to an aromatic ring is 1.